The lowest BCUT2D eigenvalue weighted by Crippen LogP contribution is -2.33. The Kier molecular flexibility index (Phi) is 4.10. The van der Waals surface area contributed by atoms with Crippen LogP contribution in [0.2, 0.25) is 0 Å². The SMILES string of the molecule is C#CC(CC)NS(=O)(=O)c1cc(N)ccc1F. The smallest absolute Gasteiger partial charge is 0.244 e. The summed E-state index contributed by atoms with van der Waals surface area (Å²) in [6, 6.07) is 2.68. The number of benzene rings is 1. The predicted octanol–water partition coefficient (Wildman–Crippen LogP) is 1.10. The lowest BCUT2D eigenvalue weighted by molar-refractivity contribution is 0.550. The van der Waals surface area contributed by atoms with E-state index in [9.17, 15) is 12.8 Å². The maximum atomic E-state index is 13.4. The van der Waals surface area contributed by atoms with Gasteiger partial charge in [0.15, 0.2) is 0 Å². The van der Waals surface area contributed by atoms with Gasteiger partial charge in [0.05, 0.1) is 6.04 Å². The van der Waals surface area contributed by atoms with Gasteiger partial charge in [-0.05, 0) is 24.6 Å². The van der Waals surface area contributed by atoms with Crippen molar-refractivity contribution in [3.05, 3.63) is 24.0 Å². The van der Waals surface area contributed by atoms with E-state index in [1.54, 1.807) is 6.92 Å². The third kappa shape index (κ3) is 3.19. The normalized spacial score (nSPS) is 13.0. The molecular weight excluding hydrogens is 243 g/mol. The van der Waals surface area contributed by atoms with Gasteiger partial charge in [0.2, 0.25) is 10.0 Å². The second-order valence-electron chi connectivity index (χ2n) is 3.44. The van der Waals surface area contributed by atoms with Crippen molar-refractivity contribution in [2.24, 2.45) is 0 Å². The molecule has 6 heteroatoms. The highest BCUT2D eigenvalue weighted by molar-refractivity contribution is 7.89. The first-order valence-electron chi connectivity index (χ1n) is 4.94. The van der Waals surface area contributed by atoms with Gasteiger partial charge >= 0.3 is 0 Å². The van der Waals surface area contributed by atoms with Crippen LogP contribution in [-0.4, -0.2) is 14.5 Å². The van der Waals surface area contributed by atoms with Crippen LogP contribution in [-0.2, 0) is 10.0 Å². The van der Waals surface area contributed by atoms with E-state index in [0.29, 0.717) is 6.42 Å². The molecule has 1 unspecified atom stereocenters. The number of nitrogens with one attached hydrogen (secondary N) is 1. The van der Waals surface area contributed by atoms with Gasteiger partial charge in [0.25, 0.3) is 0 Å². The van der Waals surface area contributed by atoms with E-state index in [4.69, 9.17) is 12.2 Å². The zero-order valence-electron chi connectivity index (χ0n) is 9.27. The summed E-state index contributed by atoms with van der Waals surface area (Å²) in [5.41, 5.74) is 5.59. The zero-order chi connectivity index (χ0) is 13.1. The molecule has 0 radical (unpaired) electrons. The van der Waals surface area contributed by atoms with Crippen molar-refractivity contribution in [1.29, 1.82) is 0 Å². The number of terminal acetylenes is 1. The molecule has 0 aliphatic heterocycles. The fourth-order valence-electron chi connectivity index (χ4n) is 1.21. The minimum absolute atomic E-state index is 0.167. The standard InChI is InChI=1S/C11H13FN2O2S/c1-3-9(4-2)14-17(15,16)11-7-8(13)5-6-10(11)12/h1,5-7,9,14H,4,13H2,2H3. The quantitative estimate of drug-likeness (QED) is 0.626. The molecule has 1 atom stereocenters. The summed E-state index contributed by atoms with van der Waals surface area (Å²) >= 11 is 0. The Morgan fingerprint density at radius 3 is 2.76 bits per heavy atom. The van der Waals surface area contributed by atoms with Crippen molar-refractivity contribution in [2.45, 2.75) is 24.3 Å². The van der Waals surface area contributed by atoms with Crippen LogP contribution in [0.4, 0.5) is 10.1 Å². The second-order valence-corrected chi connectivity index (χ2v) is 5.12. The molecule has 1 aromatic carbocycles. The van der Waals surface area contributed by atoms with E-state index in [-0.39, 0.29) is 5.69 Å². The molecule has 1 rings (SSSR count). The first kappa shape index (κ1) is 13.5. The molecular formula is C11H13FN2O2S. The predicted molar refractivity (Wildman–Crippen MR) is 64.0 cm³/mol. The van der Waals surface area contributed by atoms with E-state index in [2.05, 4.69) is 10.6 Å². The molecule has 0 spiro atoms. The number of anilines is 1. The van der Waals surface area contributed by atoms with Gasteiger partial charge < -0.3 is 5.73 Å². The van der Waals surface area contributed by atoms with Crippen molar-refractivity contribution in [1.82, 2.24) is 4.72 Å². The van der Waals surface area contributed by atoms with E-state index in [0.717, 1.165) is 12.1 Å². The fourth-order valence-corrected chi connectivity index (χ4v) is 2.56. The monoisotopic (exact) mass is 256 g/mol. The highest BCUT2D eigenvalue weighted by Crippen LogP contribution is 2.17. The van der Waals surface area contributed by atoms with Crippen LogP contribution in [0, 0.1) is 18.2 Å². The third-order valence-electron chi connectivity index (χ3n) is 2.15. The van der Waals surface area contributed by atoms with E-state index in [1.807, 2.05) is 0 Å². The summed E-state index contributed by atoms with van der Waals surface area (Å²) in [6.45, 7) is 1.72. The molecule has 0 saturated carbocycles. The molecule has 0 heterocycles. The molecule has 0 saturated heterocycles. The molecule has 0 bridgehead atoms. The maximum Gasteiger partial charge on any atom is 0.244 e. The summed E-state index contributed by atoms with van der Waals surface area (Å²) in [6.07, 6.45) is 5.56. The maximum absolute atomic E-state index is 13.4. The number of hydrogen-bond acceptors (Lipinski definition) is 3. The summed E-state index contributed by atoms with van der Waals surface area (Å²) in [5.74, 6) is 1.41. The van der Waals surface area contributed by atoms with Crippen LogP contribution in [0.15, 0.2) is 23.1 Å². The average molecular weight is 256 g/mol. The first-order chi connectivity index (χ1) is 7.90. The number of nitrogen functional groups attached to an aromatic ring is 1. The Balaban J connectivity index is 3.14. The number of hydrogen-bond donors (Lipinski definition) is 2. The summed E-state index contributed by atoms with van der Waals surface area (Å²) in [4.78, 5) is -0.494. The molecule has 0 aromatic heterocycles. The lowest BCUT2D eigenvalue weighted by atomic mass is 10.3. The van der Waals surface area contributed by atoms with Gasteiger partial charge in [-0.15, -0.1) is 6.42 Å². The number of sulfonamides is 1. The van der Waals surface area contributed by atoms with Crippen molar-refractivity contribution in [2.75, 3.05) is 5.73 Å². The van der Waals surface area contributed by atoms with Gasteiger partial charge in [-0.25, -0.2) is 12.8 Å². The lowest BCUT2D eigenvalue weighted by Gasteiger charge is -2.12. The summed E-state index contributed by atoms with van der Waals surface area (Å²) in [7, 11) is -3.98. The highest BCUT2D eigenvalue weighted by atomic mass is 32.2. The minimum atomic E-state index is -3.98. The molecule has 0 aliphatic rings. The van der Waals surface area contributed by atoms with Crippen LogP contribution in [0.25, 0.3) is 0 Å². The Labute approximate surface area is 100 Å². The van der Waals surface area contributed by atoms with Gasteiger partial charge in [-0.3, -0.25) is 0 Å². The molecule has 4 nitrogen and oxygen atoms in total. The highest BCUT2D eigenvalue weighted by Gasteiger charge is 2.21. The molecule has 1 aromatic rings. The second kappa shape index (κ2) is 5.17. The van der Waals surface area contributed by atoms with E-state index in [1.165, 1.54) is 6.07 Å². The van der Waals surface area contributed by atoms with Crippen molar-refractivity contribution in [3.63, 3.8) is 0 Å². The average Bonchev–Trinajstić information content (AvgIpc) is 2.29. The molecule has 3 N–H and O–H groups in total. The van der Waals surface area contributed by atoms with Crippen molar-refractivity contribution >= 4 is 15.7 Å². The minimum Gasteiger partial charge on any atom is -0.399 e. The first-order valence-corrected chi connectivity index (χ1v) is 6.42. The van der Waals surface area contributed by atoms with Crippen LogP contribution in [0.5, 0.6) is 0 Å². The topological polar surface area (TPSA) is 72.2 Å². The Morgan fingerprint density at radius 1 is 1.59 bits per heavy atom. The van der Waals surface area contributed by atoms with E-state index >= 15 is 0 Å². The third-order valence-corrected chi connectivity index (χ3v) is 3.64. The Morgan fingerprint density at radius 2 is 2.24 bits per heavy atom. The molecule has 0 amide bonds. The van der Waals surface area contributed by atoms with Gasteiger partial charge in [0, 0.05) is 5.69 Å². The molecule has 17 heavy (non-hydrogen) atoms. The number of nitrogens with two attached hydrogens (primary N) is 1. The summed E-state index contributed by atoms with van der Waals surface area (Å²) < 4.78 is 39.3. The Hall–Kier alpha value is -1.58. The van der Waals surface area contributed by atoms with Gasteiger partial charge in [-0.1, -0.05) is 12.8 Å². The summed E-state index contributed by atoms with van der Waals surface area (Å²) in [5, 5.41) is 0. The Bertz CT molecular complexity index is 549. The fraction of sp³-hybridized carbons (Fsp3) is 0.273. The number of halogens is 1. The molecule has 92 valence electrons. The largest absolute Gasteiger partial charge is 0.399 e. The van der Waals surface area contributed by atoms with Gasteiger partial charge in [0.1, 0.15) is 10.7 Å². The molecule has 0 fully saturated rings. The molecule has 0 aliphatic carbocycles. The van der Waals surface area contributed by atoms with Crippen molar-refractivity contribution in [3.8, 4) is 12.3 Å². The zero-order valence-corrected chi connectivity index (χ0v) is 10.1. The van der Waals surface area contributed by atoms with Crippen LogP contribution in [0.3, 0.4) is 0 Å². The van der Waals surface area contributed by atoms with E-state index < -0.39 is 26.8 Å². The number of rotatable bonds is 4. The van der Waals surface area contributed by atoms with Crippen LogP contribution < -0.4 is 10.5 Å². The van der Waals surface area contributed by atoms with Crippen molar-refractivity contribution < 1.29 is 12.8 Å². The van der Waals surface area contributed by atoms with Crippen LogP contribution >= 0.6 is 0 Å². The van der Waals surface area contributed by atoms with Gasteiger partial charge in [-0.2, -0.15) is 4.72 Å². The van der Waals surface area contributed by atoms with Crippen LogP contribution in [0.1, 0.15) is 13.3 Å².